The van der Waals surface area contributed by atoms with Crippen molar-refractivity contribution in [2.45, 2.75) is 20.5 Å². The minimum atomic E-state index is -0.568. The van der Waals surface area contributed by atoms with Crippen molar-refractivity contribution >= 4 is 35.0 Å². The highest BCUT2D eigenvalue weighted by Crippen LogP contribution is 2.30. The molecule has 0 saturated carbocycles. The van der Waals surface area contributed by atoms with Crippen LogP contribution in [0.1, 0.15) is 23.6 Å². The average Bonchev–Trinajstić information content (AvgIpc) is 2.84. The molecule has 8 nitrogen and oxygen atoms in total. The number of benzene rings is 3. The van der Waals surface area contributed by atoms with E-state index in [1.165, 1.54) is 18.2 Å². The second-order valence-electron chi connectivity index (χ2n) is 7.44. The number of carbonyl (C=O) groups is 1. The molecular formula is C26H22ClN3O5. The Hall–Kier alpha value is -4.35. The maximum absolute atomic E-state index is 12.7. The number of nitrogens with one attached hydrogen (secondary N) is 1. The van der Waals surface area contributed by atoms with Gasteiger partial charge in [-0.3, -0.25) is 14.9 Å². The van der Waals surface area contributed by atoms with Gasteiger partial charge in [0.1, 0.15) is 18.2 Å². The zero-order chi connectivity index (χ0) is 25.4. The summed E-state index contributed by atoms with van der Waals surface area (Å²) in [6.07, 6.45) is 1.45. The third-order valence-corrected chi connectivity index (χ3v) is 5.14. The van der Waals surface area contributed by atoms with Crippen LogP contribution in [-0.4, -0.2) is 17.4 Å². The summed E-state index contributed by atoms with van der Waals surface area (Å²) in [6, 6.07) is 18.2. The molecule has 0 atom stereocenters. The number of aryl methyl sites for hydroxylation is 1. The molecule has 0 radical (unpaired) electrons. The second kappa shape index (κ2) is 11.7. The molecule has 0 aliphatic rings. The van der Waals surface area contributed by atoms with E-state index in [1.807, 2.05) is 19.9 Å². The third-order valence-electron chi connectivity index (χ3n) is 4.91. The first kappa shape index (κ1) is 25.3. The number of amides is 1. The lowest BCUT2D eigenvalue weighted by molar-refractivity contribution is -0.384. The van der Waals surface area contributed by atoms with Gasteiger partial charge in [0.25, 0.3) is 11.6 Å². The average molecular weight is 492 g/mol. The molecule has 0 unspecified atom stereocenters. The summed E-state index contributed by atoms with van der Waals surface area (Å²) in [5.41, 5.74) is 2.40. The van der Waals surface area contributed by atoms with Crippen LogP contribution in [0, 0.1) is 28.4 Å². The first-order chi connectivity index (χ1) is 16.8. The Morgan fingerprint density at radius 3 is 2.66 bits per heavy atom. The Kier molecular flexibility index (Phi) is 8.43. The zero-order valence-electron chi connectivity index (χ0n) is 19.1. The van der Waals surface area contributed by atoms with Gasteiger partial charge in [-0.1, -0.05) is 35.9 Å². The van der Waals surface area contributed by atoms with Crippen molar-refractivity contribution in [3.05, 3.63) is 98.1 Å². The van der Waals surface area contributed by atoms with Crippen molar-refractivity contribution < 1.29 is 19.2 Å². The monoisotopic (exact) mass is 491 g/mol. The van der Waals surface area contributed by atoms with Crippen LogP contribution in [0.5, 0.6) is 11.5 Å². The van der Waals surface area contributed by atoms with E-state index < -0.39 is 10.8 Å². The molecule has 3 aromatic carbocycles. The Balaban J connectivity index is 1.80. The predicted octanol–water partition coefficient (Wildman–Crippen LogP) is 6.08. The molecule has 0 spiro atoms. The van der Waals surface area contributed by atoms with Gasteiger partial charge in [-0.25, -0.2) is 0 Å². The van der Waals surface area contributed by atoms with Gasteiger partial charge in [-0.05, 0) is 60.9 Å². The number of nitro benzene ring substituents is 1. The summed E-state index contributed by atoms with van der Waals surface area (Å²) in [4.78, 5) is 23.2. The smallest absolute Gasteiger partial charge is 0.269 e. The Morgan fingerprint density at radius 1 is 1.14 bits per heavy atom. The number of anilines is 1. The summed E-state index contributed by atoms with van der Waals surface area (Å²) < 4.78 is 11.5. The topological polar surface area (TPSA) is 114 Å². The molecule has 35 heavy (non-hydrogen) atoms. The molecule has 9 heteroatoms. The Morgan fingerprint density at radius 2 is 1.94 bits per heavy atom. The molecule has 0 aliphatic heterocycles. The summed E-state index contributed by atoms with van der Waals surface area (Å²) in [7, 11) is 0. The van der Waals surface area contributed by atoms with Crippen LogP contribution < -0.4 is 14.8 Å². The van der Waals surface area contributed by atoms with Crippen molar-refractivity contribution in [2.24, 2.45) is 0 Å². The van der Waals surface area contributed by atoms with Crippen LogP contribution in [0.15, 0.2) is 66.2 Å². The molecule has 3 rings (SSSR count). The van der Waals surface area contributed by atoms with Gasteiger partial charge in [0.15, 0.2) is 11.5 Å². The fraction of sp³-hybridized carbons (Fsp3) is 0.154. The van der Waals surface area contributed by atoms with Gasteiger partial charge in [0.05, 0.1) is 11.5 Å². The molecule has 0 heterocycles. The lowest BCUT2D eigenvalue weighted by Crippen LogP contribution is -2.14. The van der Waals surface area contributed by atoms with Gasteiger partial charge >= 0.3 is 0 Å². The highest BCUT2D eigenvalue weighted by Gasteiger charge is 2.13. The summed E-state index contributed by atoms with van der Waals surface area (Å²) in [6.45, 7) is 4.10. The first-order valence-electron chi connectivity index (χ1n) is 10.6. The number of nitrogens with zero attached hydrogens (tertiary/aromatic N) is 2. The minimum Gasteiger partial charge on any atom is -0.490 e. The highest BCUT2D eigenvalue weighted by atomic mass is 35.5. The zero-order valence-corrected chi connectivity index (χ0v) is 19.8. The molecule has 3 aromatic rings. The van der Waals surface area contributed by atoms with Gasteiger partial charge in [0, 0.05) is 22.8 Å². The summed E-state index contributed by atoms with van der Waals surface area (Å²) in [5.74, 6) is 0.268. The normalized spacial score (nSPS) is 10.9. The molecule has 0 fully saturated rings. The minimum absolute atomic E-state index is 0.0214. The van der Waals surface area contributed by atoms with Gasteiger partial charge < -0.3 is 14.8 Å². The number of rotatable bonds is 9. The van der Waals surface area contributed by atoms with E-state index in [9.17, 15) is 20.2 Å². The van der Waals surface area contributed by atoms with Crippen molar-refractivity contribution in [2.75, 3.05) is 11.9 Å². The number of nitriles is 1. The van der Waals surface area contributed by atoms with Crippen molar-refractivity contribution in [3.63, 3.8) is 0 Å². The second-order valence-corrected chi connectivity index (χ2v) is 7.87. The quantitative estimate of drug-likeness (QED) is 0.168. The number of carbonyl (C=O) groups excluding carboxylic acids is 1. The van der Waals surface area contributed by atoms with Crippen molar-refractivity contribution in [3.8, 4) is 17.6 Å². The number of halogens is 1. The van der Waals surface area contributed by atoms with Crippen molar-refractivity contribution in [1.29, 1.82) is 5.26 Å². The third kappa shape index (κ3) is 6.82. The maximum atomic E-state index is 12.7. The van der Waals surface area contributed by atoms with Crippen LogP contribution in [-0.2, 0) is 11.4 Å². The van der Waals surface area contributed by atoms with E-state index in [0.29, 0.717) is 39.9 Å². The van der Waals surface area contributed by atoms with E-state index >= 15 is 0 Å². The van der Waals surface area contributed by atoms with Gasteiger partial charge in [-0.15, -0.1) is 0 Å². The van der Waals surface area contributed by atoms with E-state index in [-0.39, 0.29) is 17.9 Å². The largest absolute Gasteiger partial charge is 0.490 e. The molecule has 0 bridgehead atoms. The van der Waals surface area contributed by atoms with Crippen LogP contribution >= 0.6 is 11.6 Å². The summed E-state index contributed by atoms with van der Waals surface area (Å²) >= 11 is 6.01. The van der Waals surface area contributed by atoms with Gasteiger partial charge in [-0.2, -0.15) is 5.26 Å². The molecule has 1 amide bonds. The number of hydrogen-bond donors (Lipinski definition) is 1. The standard InChI is InChI=1S/C26H22ClN3O5/c1-3-34-25-13-18(8-10-24(25)35-16-19-5-4-6-22(12-19)30(32)33)11-20(15-28)26(31)29-23-14-21(27)9-7-17(23)2/h4-14H,3,16H2,1-2H3,(H,29,31)/b20-11+. The number of hydrogen-bond acceptors (Lipinski definition) is 6. The van der Waals surface area contributed by atoms with Crippen LogP contribution in [0.25, 0.3) is 6.08 Å². The summed E-state index contributed by atoms with van der Waals surface area (Å²) in [5, 5.41) is 23.7. The van der Waals surface area contributed by atoms with E-state index in [2.05, 4.69) is 5.32 Å². The predicted molar refractivity (Wildman–Crippen MR) is 133 cm³/mol. The maximum Gasteiger partial charge on any atom is 0.269 e. The number of ether oxygens (including phenoxy) is 2. The Bertz CT molecular complexity index is 1330. The first-order valence-corrected chi connectivity index (χ1v) is 11.0. The van der Waals surface area contributed by atoms with E-state index in [4.69, 9.17) is 21.1 Å². The molecule has 0 saturated heterocycles. The fourth-order valence-electron chi connectivity index (χ4n) is 3.16. The van der Waals surface area contributed by atoms with Crippen LogP contribution in [0.3, 0.4) is 0 Å². The number of nitro groups is 1. The Labute approximate surface area is 207 Å². The molecule has 1 N–H and O–H groups in total. The SMILES string of the molecule is CCOc1cc(/C=C(\C#N)C(=O)Nc2cc(Cl)ccc2C)ccc1OCc1cccc([N+](=O)[O-])c1. The molecule has 178 valence electrons. The molecule has 0 aromatic heterocycles. The van der Waals surface area contributed by atoms with Gasteiger partial charge in [0.2, 0.25) is 0 Å². The lowest BCUT2D eigenvalue weighted by Gasteiger charge is -2.13. The van der Waals surface area contributed by atoms with Crippen LogP contribution in [0.4, 0.5) is 11.4 Å². The lowest BCUT2D eigenvalue weighted by atomic mass is 10.1. The van der Waals surface area contributed by atoms with E-state index in [0.717, 1.165) is 5.56 Å². The molecule has 0 aliphatic carbocycles. The fourth-order valence-corrected chi connectivity index (χ4v) is 3.33. The highest BCUT2D eigenvalue weighted by molar-refractivity contribution is 6.31. The van der Waals surface area contributed by atoms with Crippen molar-refractivity contribution in [1.82, 2.24) is 0 Å². The molecular weight excluding hydrogens is 470 g/mol. The van der Waals surface area contributed by atoms with Crippen LogP contribution in [0.2, 0.25) is 5.02 Å². The van der Waals surface area contributed by atoms with E-state index in [1.54, 1.807) is 48.5 Å². The number of non-ortho nitro benzene ring substituents is 1.